The number of urea groups is 1. The fourth-order valence-corrected chi connectivity index (χ4v) is 2.66. The van der Waals surface area contributed by atoms with Gasteiger partial charge >= 0.3 is 6.03 Å². The lowest BCUT2D eigenvalue weighted by atomic mass is 9.86. The molecule has 0 aromatic heterocycles. The van der Waals surface area contributed by atoms with Gasteiger partial charge in [-0.2, -0.15) is 0 Å². The Morgan fingerprint density at radius 2 is 2.00 bits per heavy atom. The smallest absolute Gasteiger partial charge is 0.319 e. The molecular formula is C15H20FN3O2. The molecular weight excluding hydrogens is 273 g/mol. The van der Waals surface area contributed by atoms with E-state index in [1.54, 1.807) is 0 Å². The molecule has 1 aromatic rings. The van der Waals surface area contributed by atoms with E-state index in [1.807, 2.05) is 0 Å². The van der Waals surface area contributed by atoms with Crippen LogP contribution < -0.4 is 16.4 Å². The van der Waals surface area contributed by atoms with Gasteiger partial charge in [0.2, 0.25) is 0 Å². The number of rotatable bonds is 3. The predicted molar refractivity (Wildman–Crippen MR) is 78.5 cm³/mol. The van der Waals surface area contributed by atoms with Crippen LogP contribution in [0.4, 0.5) is 14.9 Å². The van der Waals surface area contributed by atoms with E-state index in [1.165, 1.54) is 18.6 Å². The normalized spacial score (nSPS) is 21.6. The molecule has 1 fully saturated rings. The molecule has 0 heterocycles. The average Bonchev–Trinajstić information content (AvgIpc) is 2.43. The number of carbonyl (C=O) groups is 2. The Balaban J connectivity index is 1.99. The lowest BCUT2D eigenvalue weighted by Gasteiger charge is -2.29. The summed E-state index contributed by atoms with van der Waals surface area (Å²) in [5.74, 6) is -1.12. The number of carbonyl (C=O) groups excluding carboxylic acids is 2. The van der Waals surface area contributed by atoms with Crippen molar-refractivity contribution in [1.29, 1.82) is 0 Å². The van der Waals surface area contributed by atoms with Gasteiger partial charge in [0.25, 0.3) is 5.91 Å². The first kappa shape index (κ1) is 15.3. The van der Waals surface area contributed by atoms with Gasteiger partial charge in [0.05, 0.1) is 5.56 Å². The molecule has 2 atom stereocenters. The van der Waals surface area contributed by atoms with Crippen molar-refractivity contribution >= 4 is 17.6 Å². The second-order valence-electron chi connectivity index (χ2n) is 5.53. The minimum atomic E-state index is -0.863. The molecule has 4 N–H and O–H groups in total. The van der Waals surface area contributed by atoms with Gasteiger partial charge in [0.1, 0.15) is 5.82 Å². The molecule has 1 aromatic carbocycles. The molecule has 21 heavy (non-hydrogen) atoms. The molecule has 1 aliphatic rings. The van der Waals surface area contributed by atoms with Crippen LogP contribution in [0, 0.1) is 11.7 Å². The molecule has 0 spiro atoms. The number of halogens is 1. The monoisotopic (exact) mass is 293 g/mol. The van der Waals surface area contributed by atoms with E-state index in [2.05, 4.69) is 17.6 Å². The van der Waals surface area contributed by atoms with Gasteiger partial charge in [-0.3, -0.25) is 4.79 Å². The minimum Gasteiger partial charge on any atom is -0.366 e. The Morgan fingerprint density at radius 3 is 2.67 bits per heavy atom. The van der Waals surface area contributed by atoms with Crippen LogP contribution in [-0.2, 0) is 0 Å². The van der Waals surface area contributed by atoms with Crippen molar-refractivity contribution in [2.75, 3.05) is 5.32 Å². The summed E-state index contributed by atoms with van der Waals surface area (Å²) in [5, 5.41) is 5.53. The number of hydrogen-bond acceptors (Lipinski definition) is 2. The molecule has 1 aliphatic carbocycles. The molecule has 0 radical (unpaired) electrons. The number of nitrogens with one attached hydrogen (secondary N) is 2. The molecule has 0 bridgehead atoms. The Labute approximate surface area is 123 Å². The molecule has 0 aliphatic heterocycles. The zero-order valence-corrected chi connectivity index (χ0v) is 12.0. The number of hydrogen-bond donors (Lipinski definition) is 3. The Bertz CT molecular complexity index is 548. The molecule has 1 saturated carbocycles. The maximum Gasteiger partial charge on any atom is 0.319 e. The highest BCUT2D eigenvalue weighted by atomic mass is 19.1. The molecule has 114 valence electrons. The topological polar surface area (TPSA) is 84.2 Å². The third-order valence-electron chi connectivity index (χ3n) is 3.92. The van der Waals surface area contributed by atoms with E-state index >= 15 is 0 Å². The number of anilines is 1. The lowest BCUT2D eigenvalue weighted by molar-refractivity contribution is 0.0996. The summed E-state index contributed by atoms with van der Waals surface area (Å²) < 4.78 is 13.4. The van der Waals surface area contributed by atoms with Gasteiger partial charge in [-0.15, -0.1) is 0 Å². The van der Waals surface area contributed by atoms with Gasteiger partial charge in [-0.05, 0) is 37.0 Å². The van der Waals surface area contributed by atoms with Gasteiger partial charge < -0.3 is 16.4 Å². The number of benzene rings is 1. The fraction of sp³-hybridized carbons (Fsp3) is 0.467. The van der Waals surface area contributed by atoms with Gasteiger partial charge in [-0.25, -0.2) is 9.18 Å². The largest absolute Gasteiger partial charge is 0.366 e. The second-order valence-corrected chi connectivity index (χ2v) is 5.53. The molecule has 5 nitrogen and oxygen atoms in total. The number of nitrogens with two attached hydrogens (primary N) is 1. The summed E-state index contributed by atoms with van der Waals surface area (Å²) in [6, 6.07) is 3.54. The van der Waals surface area contributed by atoms with Crippen molar-refractivity contribution in [3.63, 3.8) is 0 Å². The lowest BCUT2D eigenvalue weighted by Crippen LogP contribution is -2.43. The maximum atomic E-state index is 13.4. The second kappa shape index (κ2) is 6.56. The molecule has 6 heteroatoms. The van der Waals surface area contributed by atoms with Crippen LogP contribution in [0.15, 0.2) is 18.2 Å². The highest BCUT2D eigenvalue weighted by molar-refractivity contribution is 5.96. The van der Waals surface area contributed by atoms with Crippen LogP contribution in [0.3, 0.4) is 0 Å². The summed E-state index contributed by atoms with van der Waals surface area (Å²) in [4.78, 5) is 23.0. The van der Waals surface area contributed by atoms with Crippen molar-refractivity contribution in [1.82, 2.24) is 5.32 Å². The van der Waals surface area contributed by atoms with Crippen LogP contribution in [0.1, 0.15) is 43.0 Å². The van der Waals surface area contributed by atoms with E-state index < -0.39 is 11.7 Å². The summed E-state index contributed by atoms with van der Waals surface area (Å²) in [7, 11) is 0. The SMILES string of the molecule is C[C@@H]1CCCC[C@H]1NC(=O)Nc1ccc(F)c(C(N)=O)c1. The molecule has 2 rings (SSSR count). The minimum absolute atomic E-state index is 0.148. The van der Waals surface area contributed by atoms with Crippen molar-refractivity contribution in [3.05, 3.63) is 29.6 Å². The van der Waals surface area contributed by atoms with Crippen LogP contribution >= 0.6 is 0 Å². The summed E-state index contributed by atoms with van der Waals surface area (Å²) in [6.45, 7) is 2.12. The third kappa shape index (κ3) is 3.93. The third-order valence-corrected chi connectivity index (χ3v) is 3.92. The Morgan fingerprint density at radius 1 is 1.29 bits per heavy atom. The van der Waals surface area contributed by atoms with Crippen molar-refractivity contribution in [3.8, 4) is 0 Å². The van der Waals surface area contributed by atoms with Crippen molar-refractivity contribution < 1.29 is 14.0 Å². The van der Waals surface area contributed by atoms with E-state index in [9.17, 15) is 14.0 Å². The average molecular weight is 293 g/mol. The molecule has 3 amide bonds. The maximum absolute atomic E-state index is 13.4. The number of amides is 3. The van der Waals surface area contributed by atoms with E-state index in [-0.39, 0.29) is 17.6 Å². The summed E-state index contributed by atoms with van der Waals surface area (Å²) in [5.41, 5.74) is 5.18. The standard InChI is InChI=1S/C15H20FN3O2/c1-9-4-2-3-5-13(9)19-15(21)18-10-6-7-12(16)11(8-10)14(17)20/h6-9,13H,2-5H2,1H3,(H2,17,20)(H2,18,19,21)/t9-,13-/m1/s1. The van der Waals surface area contributed by atoms with Gasteiger partial charge in [0.15, 0.2) is 0 Å². The van der Waals surface area contributed by atoms with E-state index in [0.29, 0.717) is 11.6 Å². The van der Waals surface area contributed by atoms with Crippen LogP contribution in [-0.4, -0.2) is 18.0 Å². The van der Waals surface area contributed by atoms with Gasteiger partial charge in [0, 0.05) is 11.7 Å². The van der Waals surface area contributed by atoms with E-state index in [4.69, 9.17) is 5.73 Å². The Hall–Kier alpha value is -2.11. The highest BCUT2D eigenvalue weighted by Gasteiger charge is 2.22. The fourth-order valence-electron chi connectivity index (χ4n) is 2.66. The highest BCUT2D eigenvalue weighted by Crippen LogP contribution is 2.23. The number of primary amides is 1. The van der Waals surface area contributed by atoms with Crippen LogP contribution in [0.25, 0.3) is 0 Å². The Kier molecular flexibility index (Phi) is 4.77. The predicted octanol–water partition coefficient (Wildman–Crippen LogP) is 2.62. The van der Waals surface area contributed by atoms with Crippen molar-refractivity contribution in [2.24, 2.45) is 11.7 Å². The van der Waals surface area contributed by atoms with Crippen molar-refractivity contribution in [2.45, 2.75) is 38.6 Å². The summed E-state index contributed by atoms with van der Waals surface area (Å²) >= 11 is 0. The quantitative estimate of drug-likeness (QED) is 0.800. The van der Waals surface area contributed by atoms with Gasteiger partial charge in [-0.1, -0.05) is 19.8 Å². The summed E-state index contributed by atoms with van der Waals surface area (Å²) in [6.07, 6.45) is 4.37. The first-order valence-corrected chi connectivity index (χ1v) is 7.14. The molecule has 0 unspecified atom stereocenters. The zero-order chi connectivity index (χ0) is 15.4. The van der Waals surface area contributed by atoms with Crippen LogP contribution in [0.2, 0.25) is 0 Å². The van der Waals surface area contributed by atoms with Crippen LogP contribution in [0.5, 0.6) is 0 Å². The molecule has 0 saturated heterocycles. The first-order chi connectivity index (χ1) is 9.97. The zero-order valence-electron chi connectivity index (χ0n) is 12.0. The van der Waals surface area contributed by atoms with E-state index in [0.717, 1.165) is 25.3 Å². The first-order valence-electron chi connectivity index (χ1n) is 7.14.